The maximum absolute atomic E-state index is 5.72. The highest BCUT2D eigenvalue weighted by atomic mass is 16.3. The Kier molecular flexibility index (Phi) is 4.27. The highest BCUT2D eigenvalue weighted by Crippen LogP contribution is 2.28. The Morgan fingerprint density at radius 1 is 1.12 bits per heavy atom. The molecule has 1 fully saturated rings. The number of furan rings is 1. The van der Waals surface area contributed by atoms with Crippen molar-refractivity contribution in [3.8, 4) is 0 Å². The van der Waals surface area contributed by atoms with E-state index in [-0.39, 0.29) is 0 Å². The highest BCUT2D eigenvalue weighted by molar-refractivity contribution is 5.06. The molecule has 1 N–H and O–H groups in total. The molecule has 2 heteroatoms. The van der Waals surface area contributed by atoms with Crippen molar-refractivity contribution in [3.05, 3.63) is 23.7 Å². The van der Waals surface area contributed by atoms with E-state index in [4.69, 9.17) is 4.42 Å². The van der Waals surface area contributed by atoms with Crippen LogP contribution in [0.4, 0.5) is 0 Å². The fourth-order valence-electron chi connectivity index (χ4n) is 3.07. The molecule has 0 radical (unpaired) electrons. The molecule has 1 aliphatic rings. The van der Waals surface area contributed by atoms with Crippen molar-refractivity contribution in [3.63, 3.8) is 0 Å². The minimum absolute atomic E-state index is 0.670. The molecule has 2 nitrogen and oxygen atoms in total. The van der Waals surface area contributed by atoms with Gasteiger partial charge in [0.1, 0.15) is 11.5 Å². The van der Waals surface area contributed by atoms with E-state index in [0.29, 0.717) is 6.04 Å². The zero-order valence-electron chi connectivity index (χ0n) is 11.3. The first-order chi connectivity index (χ1) is 8.17. The molecule has 0 aromatic carbocycles. The third-order valence-electron chi connectivity index (χ3n) is 3.81. The summed E-state index contributed by atoms with van der Waals surface area (Å²) in [6.45, 7) is 7.74. The van der Waals surface area contributed by atoms with Crippen molar-refractivity contribution in [1.29, 1.82) is 0 Å². The molecule has 1 aliphatic carbocycles. The quantitative estimate of drug-likeness (QED) is 0.859. The van der Waals surface area contributed by atoms with Crippen molar-refractivity contribution in [2.24, 2.45) is 11.8 Å². The van der Waals surface area contributed by atoms with E-state index in [0.717, 1.165) is 36.3 Å². The molecule has 2 atom stereocenters. The van der Waals surface area contributed by atoms with Crippen LogP contribution in [-0.4, -0.2) is 6.04 Å². The van der Waals surface area contributed by atoms with Crippen molar-refractivity contribution < 1.29 is 4.42 Å². The lowest BCUT2D eigenvalue weighted by molar-refractivity contribution is 0.234. The molecule has 17 heavy (non-hydrogen) atoms. The molecule has 0 aliphatic heterocycles. The third kappa shape index (κ3) is 3.60. The van der Waals surface area contributed by atoms with E-state index < -0.39 is 0 Å². The lowest BCUT2D eigenvalue weighted by atomic mass is 9.80. The Bertz CT molecular complexity index is 334. The van der Waals surface area contributed by atoms with Gasteiger partial charge in [-0.25, -0.2) is 0 Å². The number of nitrogens with one attached hydrogen (secondary N) is 1. The zero-order valence-corrected chi connectivity index (χ0v) is 11.3. The lowest BCUT2D eigenvalue weighted by Gasteiger charge is -2.31. The maximum atomic E-state index is 5.72. The molecular formula is C15H25NO. The molecule has 0 amide bonds. The zero-order chi connectivity index (χ0) is 12.3. The second-order valence-electron chi connectivity index (χ2n) is 5.72. The van der Waals surface area contributed by atoms with Crippen LogP contribution in [0.25, 0.3) is 0 Å². The first-order valence-electron chi connectivity index (χ1n) is 6.98. The van der Waals surface area contributed by atoms with Gasteiger partial charge >= 0.3 is 0 Å². The standard InChI is InChI=1S/C15H25NO/c1-4-14-5-6-15(17-14)10-16-13-8-11(2)7-12(3)9-13/h5-6,11-13,16H,4,7-10H2,1-3H3. The first-order valence-corrected chi connectivity index (χ1v) is 6.98. The van der Waals surface area contributed by atoms with Crippen LogP contribution in [0.1, 0.15) is 51.6 Å². The number of rotatable bonds is 4. The van der Waals surface area contributed by atoms with Gasteiger partial charge < -0.3 is 9.73 Å². The lowest BCUT2D eigenvalue weighted by Crippen LogP contribution is -2.35. The largest absolute Gasteiger partial charge is 0.465 e. The molecule has 1 aromatic rings. The van der Waals surface area contributed by atoms with E-state index in [2.05, 4.69) is 38.2 Å². The van der Waals surface area contributed by atoms with Crippen molar-refractivity contribution in [1.82, 2.24) is 5.32 Å². The summed E-state index contributed by atoms with van der Waals surface area (Å²) < 4.78 is 5.72. The monoisotopic (exact) mass is 235 g/mol. The fourth-order valence-corrected chi connectivity index (χ4v) is 3.07. The van der Waals surface area contributed by atoms with Crippen LogP contribution >= 0.6 is 0 Å². The Hall–Kier alpha value is -0.760. The Balaban J connectivity index is 1.81. The summed E-state index contributed by atoms with van der Waals surface area (Å²) in [6, 6.07) is 4.86. The summed E-state index contributed by atoms with van der Waals surface area (Å²) >= 11 is 0. The van der Waals surface area contributed by atoms with E-state index in [9.17, 15) is 0 Å². The van der Waals surface area contributed by atoms with Gasteiger partial charge in [-0.1, -0.05) is 20.8 Å². The van der Waals surface area contributed by atoms with Crippen LogP contribution in [0, 0.1) is 11.8 Å². The topological polar surface area (TPSA) is 25.2 Å². The number of hydrogen-bond donors (Lipinski definition) is 1. The van der Waals surface area contributed by atoms with E-state index in [1.54, 1.807) is 0 Å². The highest BCUT2D eigenvalue weighted by Gasteiger charge is 2.23. The Morgan fingerprint density at radius 2 is 1.76 bits per heavy atom. The van der Waals surface area contributed by atoms with Crippen LogP contribution < -0.4 is 5.32 Å². The van der Waals surface area contributed by atoms with Crippen LogP contribution in [-0.2, 0) is 13.0 Å². The van der Waals surface area contributed by atoms with Crippen molar-refractivity contribution in [2.45, 2.75) is 59.0 Å². The van der Waals surface area contributed by atoms with Gasteiger partial charge in [-0.3, -0.25) is 0 Å². The summed E-state index contributed by atoms with van der Waals surface area (Å²) in [7, 11) is 0. The molecular weight excluding hydrogens is 210 g/mol. The summed E-state index contributed by atoms with van der Waals surface area (Å²) in [5.41, 5.74) is 0. The summed E-state index contributed by atoms with van der Waals surface area (Å²) in [4.78, 5) is 0. The molecule has 1 saturated carbocycles. The van der Waals surface area contributed by atoms with Gasteiger partial charge in [0.05, 0.1) is 6.54 Å². The van der Waals surface area contributed by atoms with Crippen LogP contribution in [0.2, 0.25) is 0 Å². The second kappa shape index (κ2) is 5.72. The van der Waals surface area contributed by atoms with E-state index in [1.165, 1.54) is 19.3 Å². The minimum Gasteiger partial charge on any atom is -0.465 e. The van der Waals surface area contributed by atoms with Gasteiger partial charge in [0.25, 0.3) is 0 Å². The van der Waals surface area contributed by atoms with Crippen LogP contribution in [0.15, 0.2) is 16.5 Å². The van der Waals surface area contributed by atoms with Gasteiger partial charge in [0, 0.05) is 12.5 Å². The molecule has 1 heterocycles. The fraction of sp³-hybridized carbons (Fsp3) is 0.733. The predicted molar refractivity (Wildman–Crippen MR) is 70.9 cm³/mol. The molecule has 2 rings (SSSR count). The summed E-state index contributed by atoms with van der Waals surface area (Å²) in [5.74, 6) is 3.89. The predicted octanol–water partition coefficient (Wildman–Crippen LogP) is 3.76. The average molecular weight is 235 g/mol. The smallest absolute Gasteiger partial charge is 0.117 e. The van der Waals surface area contributed by atoms with Crippen molar-refractivity contribution >= 4 is 0 Å². The first kappa shape index (κ1) is 12.7. The molecule has 0 bridgehead atoms. The molecule has 2 unspecified atom stereocenters. The van der Waals surface area contributed by atoms with E-state index in [1.807, 2.05) is 0 Å². The molecule has 1 aromatic heterocycles. The summed E-state index contributed by atoms with van der Waals surface area (Å²) in [6.07, 6.45) is 4.99. The minimum atomic E-state index is 0.670. The second-order valence-corrected chi connectivity index (χ2v) is 5.72. The number of aryl methyl sites for hydroxylation is 1. The van der Waals surface area contributed by atoms with Gasteiger partial charge in [-0.15, -0.1) is 0 Å². The summed E-state index contributed by atoms with van der Waals surface area (Å²) in [5, 5.41) is 3.64. The third-order valence-corrected chi connectivity index (χ3v) is 3.81. The SMILES string of the molecule is CCc1ccc(CNC2CC(C)CC(C)C2)o1. The number of hydrogen-bond acceptors (Lipinski definition) is 2. The van der Waals surface area contributed by atoms with Gasteiger partial charge in [-0.2, -0.15) is 0 Å². The molecule has 0 spiro atoms. The molecule has 0 saturated heterocycles. The average Bonchev–Trinajstić information content (AvgIpc) is 2.73. The van der Waals surface area contributed by atoms with Crippen LogP contribution in [0.5, 0.6) is 0 Å². The van der Waals surface area contributed by atoms with Gasteiger partial charge in [0.15, 0.2) is 0 Å². The van der Waals surface area contributed by atoms with Gasteiger partial charge in [0.2, 0.25) is 0 Å². The Labute approximate surface area is 105 Å². The van der Waals surface area contributed by atoms with Crippen LogP contribution in [0.3, 0.4) is 0 Å². The van der Waals surface area contributed by atoms with E-state index >= 15 is 0 Å². The maximum Gasteiger partial charge on any atom is 0.117 e. The normalized spacial score (nSPS) is 29.5. The van der Waals surface area contributed by atoms with Gasteiger partial charge in [-0.05, 0) is 43.2 Å². The Morgan fingerprint density at radius 3 is 2.35 bits per heavy atom. The molecule has 96 valence electrons. The van der Waals surface area contributed by atoms with Crippen molar-refractivity contribution in [2.75, 3.05) is 0 Å².